The Labute approximate surface area is 208 Å². The van der Waals surface area contributed by atoms with Crippen LogP contribution in [0.5, 0.6) is 5.75 Å². The van der Waals surface area contributed by atoms with Crippen molar-refractivity contribution in [3.05, 3.63) is 52.4 Å². The highest BCUT2D eigenvalue weighted by Gasteiger charge is 2.24. The number of hydrogen-bond acceptors (Lipinski definition) is 7. The first-order valence-electron chi connectivity index (χ1n) is 11.8. The molecule has 0 saturated heterocycles. The van der Waals surface area contributed by atoms with E-state index in [0.29, 0.717) is 35.2 Å². The third-order valence-electron chi connectivity index (χ3n) is 5.69. The molecule has 4 N–H and O–H groups in total. The van der Waals surface area contributed by atoms with Crippen LogP contribution in [-0.4, -0.2) is 55.2 Å². The number of carbonyl (C=O) groups is 3. The highest BCUT2D eigenvalue weighted by molar-refractivity contribution is 6.05. The second-order valence-electron chi connectivity index (χ2n) is 8.72. The first-order valence-corrected chi connectivity index (χ1v) is 11.8. The lowest BCUT2D eigenvalue weighted by Gasteiger charge is -2.21. The van der Waals surface area contributed by atoms with Crippen LogP contribution in [0.15, 0.2) is 45.6 Å². The van der Waals surface area contributed by atoms with Gasteiger partial charge in [-0.2, -0.15) is 0 Å². The summed E-state index contributed by atoms with van der Waals surface area (Å²) >= 11 is 0. The standard InChI is InChI=1S/C26H31N3O7/c1-15(2)23(25(33)27-11-6-12-30)29-21(31)13-28-22(32)14-35-20-10-9-18-17-7-4-5-8-19(17)26(34)36-24(18)16(20)3/h4-5,7-10,15,23,30H,6,11-14H2,1-3H3,(H,27,33)(H,28,32)(H,29,31). The number of carbonyl (C=O) groups excluding carboxylic acids is 3. The van der Waals surface area contributed by atoms with Gasteiger partial charge in [-0.25, -0.2) is 4.79 Å². The number of amides is 3. The quantitative estimate of drug-likeness (QED) is 0.178. The second kappa shape index (κ2) is 12.2. The van der Waals surface area contributed by atoms with Crippen LogP contribution in [0.3, 0.4) is 0 Å². The molecule has 0 fully saturated rings. The monoisotopic (exact) mass is 497 g/mol. The van der Waals surface area contributed by atoms with Crippen molar-refractivity contribution in [2.75, 3.05) is 26.3 Å². The maximum atomic E-state index is 12.4. The van der Waals surface area contributed by atoms with Gasteiger partial charge in [0.15, 0.2) is 6.61 Å². The van der Waals surface area contributed by atoms with Crippen LogP contribution in [0.25, 0.3) is 21.7 Å². The van der Waals surface area contributed by atoms with E-state index >= 15 is 0 Å². The van der Waals surface area contributed by atoms with E-state index in [9.17, 15) is 19.2 Å². The number of hydrogen-bond donors (Lipinski definition) is 4. The Morgan fingerprint density at radius 2 is 1.72 bits per heavy atom. The van der Waals surface area contributed by atoms with Gasteiger partial charge in [0, 0.05) is 24.1 Å². The van der Waals surface area contributed by atoms with E-state index in [1.165, 1.54) is 0 Å². The largest absolute Gasteiger partial charge is 0.483 e. The van der Waals surface area contributed by atoms with Crippen molar-refractivity contribution in [3.8, 4) is 5.75 Å². The molecule has 10 nitrogen and oxygen atoms in total. The Kier molecular flexibility index (Phi) is 9.02. The van der Waals surface area contributed by atoms with E-state index in [2.05, 4.69) is 16.0 Å². The molecule has 10 heteroatoms. The van der Waals surface area contributed by atoms with E-state index in [0.717, 1.165) is 10.8 Å². The smallest absolute Gasteiger partial charge is 0.344 e. The summed E-state index contributed by atoms with van der Waals surface area (Å²) in [5.74, 6) is -1.20. The van der Waals surface area contributed by atoms with E-state index in [4.69, 9.17) is 14.3 Å². The van der Waals surface area contributed by atoms with Gasteiger partial charge in [-0.1, -0.05) is 32.0 Å². The van der Waals surface area contributed by atoms with Crippen molar-refractivity contribution in [1.82, 2.24) is 16.0 Å². The normalized spacial score (nSPS) is 11.9. The van der Waals surface area contributed by atoms with Crippen LogP contribution in [0.4, 0.5) is 0 Å². The summed E-state index contributed by atoms with van der Waals surface area (Å²) < 4.78 is 11.1. The van der Waals surface area contributed by atoms with Crippen LogP contribution >= 0.6 is 0 Å². The summed E-state index contributed by atoms with van der Waals surface area (Å²) in [5, 5.41) is 18.6. The fraction of sp³-hybridized carbons (Fsp3) is 0.385. The molecule has 3 rings (SSSR count). The molecular formula is C26H31N3O7. The van der Waals surface area contributed by atoms with E-state index < -0.39 is 23.5 Å². The maximum Gasteiger partial charge on any atom is 0.344 e. The molecule has 2 aromatic carbocycles. The third-order valence-corrected chi connectivity index (χ3v) is 5.69. The van der Waals surface area contributed by atoms with Crippen molar-refractivity contribution in [2.45, 2.75) is 33.2 Å². The molecular weight excluding hydrogens is 466 g/mol. The number of aliphatic hydroxyl groups excluding tert-OH is 1. The van der Waals surface area contributed by atoms with Gasteiger partial charge in [-0.3, -0.25) is 14.4 Å². The molecule has 0 spiro atoms. The zero-order valence-electron chi connectivity index (χ0n) is 20.6. The van der Waals surface area contributed by atoms with Gasteiger partial charge in [0.1, 0.15) is 17.4 Å². The number of nitrogens with one attached hydrogen (secondary N) is 3. The molecule has 0 aliphatic rings. The van der Waals surface area contributed by atoms with Crippen molar-refractivity contribution >= 4 is 39.5 Å². The minimum absolute atomic E-state index is 0.0445. The minimum Gasteiger partial charge on any atom is -0.483 e. The van der Waals surface area contributed by atoms with E-state index in [1.54, 1.807) is 45.0 Å². The first-order chi connectivity index (χ1) is 17.2. The molecule has 192 valence electrons. The Bertz CT molecular complexity index is 1320. The van der Waals surface area contributed by atoms with Gasteiger partial charge in [-0.05, 0) is 42.8 Å². The van der Waals surface area contributed by atoms with Crippen molar-refractivity contribution in [1.29, 1.82) is 0 Å². The Morgan fingerprint density at radius 3 is 2.42 bits per heavy atom. The lowest BCUT2D eigenvalue weighted by molar-refractivity contribution is -0.131. The summed E-state index contributed by atoms with van der Waals surface area (Å²) in [5.41, 5.74) is 0.504. The van der Waals surface area contributed by atoms with E-state index in [-0.39, 0.29) is 31.6 Å². The SMILES string of the molecule is Cc1c(OCC(=O)NCC(=O)NC(C(=O)NCCCO)C(C)C)ccc2c1oc(=O)c1ccccc12. The molecule has 36 heavy (non-hydrogen) atoms. The van der Waals surface area contributed by atoms with Crippen LogP contribution in [0.1, 0.15) is 25.8 Å². The summed E-state index contributed by atoms with van der Waals surface area (Å²) in [4.78, 5) is 49.2. The minimum atomic E-state index is -0.768. The summed E-state index contributed by atoms with van der Waals surface area (Å²) in [6.07, 6.45) is 0.417. The van der Waals surface area contributed by atoms with Crippen LogP contribution < -0.4 is 26.3 Å². The molecule has 0 saturated carbocycles. The topological polar surface area (TPSA) is 147 Å². The third kappa shape index (κ3) is 6.39. The molecule has 1 heterocycles. The summed E-state index contributed by atoms with van der Waals surface area (Å²) in [6, 6.07) is 9.86. The predicted molar refractivity (Wildman–Crippen MR) is 135 cm³/mol. The zero-order valence-corrected chi connectivity index (χ0v) is 20.6. The van der Waals surface area contributed by atoms with Crippen molar-refractivity contribution in [2.24, 2.45) is 5.92 Å². The first kappa shape index (κ1) is 26.7. The second-order valence-corrected chi connectivity index (χ2v) is 8.72. The molecule has 1 aromatic heterocycles. The molecule has 1 unspecified atom stereocenters. The van der Waals surface area contributed by atoms with E-state index in [1.807, 2.05) is 12.1 Å². The lowest BCUT2D eigenvalue weighted by Crippen LogP contribution is -2.52. The number of aliphatic hydroxyl groups is 1. The Morgan fingerprint density at radius 1 is 1.00 bits per heavy atom. The number of fused-ring (bicyclic) bond motifs is 3. The van der Waals surface area contributed by atoms with Crippen LogP contribution in [0, 0.1) is 12.8 Å². The molecule has 3 amide bonds. The van der Waals surface area contributed by atoms with Gasteiger partial charge in [-0.15, -0.1) is 0 Å². The Balaban J connectivity index is 1.57. The molecule has 0 radical (unpaired) electrons. The van der Waals surface area contributed by atoms with Gasteiger partial charge in [0.05, 0.1) is 11.9 Å². The van der Waals surface area contributed by atoms with Gasteiger partial charge < -0.3 is 30.2 Å². The maximum absolute atomic E-state index is 12.4. The number of benzene rings is 2. The van der Waals surface area contributed by atoms with Gasteiger partial charge in [0.25, 0.3) is 5.91 Å². The highest BCUT2D eigenvalue weighted by Crippen LogP contribution is 2.30. The average molecular weight is 498 g/mol. The average Bonchev–Trinajstić information content (AvgIpc) is 2.86. The Hall–Kier alpha value is -3.92. The van der Waals surface area contributed by atoms with Gasteiger partial charge in [0.2, 0.25) is 11.8 Å². The molecule has 0 aliphatic carbocycles. The van der Waals surface area contributed by atoms with Crippen LogP contribution in [-0.2, 0) is 14.4 Å². The molecule has 3 aromatic rings. The van der Waals surface area contributed by atoms with Crippen molar-refractivity contribution < 1.29 is 28.6 Å². The van der Waals surface area contributed by atoms with Crippen LogP contribution in [0.2, 0.25) is 0 Å². The zero-order chi connectivity index (χ0) is 26.2. The summed E-state index contributed by atoms with van der Waals surface area (Å²) in [7, 11) is 0. The molecule has 1 atom stereocenters. The fourth-order valence-electron chi connectivity index (χ4n) is 3.75. The number of aryl methyl sites for hydroxylation is 1. The fourth-order valence-corrected chi connectivity index (χ4v) is 3.75. The number of ether oxygens (including phenoxy) is 1. The lowest BCUT2D eigenvalue weighted by atomic mass is 10.0. The predicted octanol–water partition coefficient (Wildman–Crippen LogP) is 1.39. The number of rotatable bonds is 11. The highest BCUT2D eigenvalue weighted by atomic mass is 16.5. The van der Waals surface area contributed by atoms with Crippen molar-refractivity contribution in [3.63, 3.8) is 0 Å². The molecule has 0 bridgehead atoms. The molecule has 0 aliphatic heterocycles. The van der Waals surface area contributed by atoms with Gasteiger partial charge >= 0.3 is 5.63 Å². The summed E-state index contributed by atoms with van der Waals surface area (Å²) in [6.45, 7) is 4.89.